The molecule has 1 aliphatic rings. The van der Waals surface area contributed by atoms with Crippen LogP contribution in [0.15, 0.2) is 51.2 Å². The van der Waals surface area contributed by atoms with Crippen molar-refractivity contribution in [2.24, 2.45) is 11.8 Å². The van der Waals surface area contributed by atoms with Crippen molar-refractivity contribution in [3.05, 3.63) is 53.2 Å². The lowest BCUT2D eigenvalue weighted by Gasteiger charge is -2.34. The van der Waals surface area contributed by atoms with Crippen molar-refractivity contribution in [1.29, 1.82) is 0 Å². The van der Waals surface area contributed by atoms with E-state index in [4.69, 9.17) is 9.26 Å². The number of hydrogen-bond donors (Lipinski definition) is 0. The summed E-state index contributed by atoms with van der Waals surface area (Å²) in [7, 11) is -3.60. The van der Waals surface area contributed by atoms with Crippen molar-refractivity contribution in [3.8, 4) is 10.7 Å². The summed E-state index contributed by atoms with van der Waals surface area (Å²) in [5.74, 6) is 0.664. The summed E-state index contributed by atoms with van der Waals surface area (Å²) in [5.41, 5.74) is 0.248. The molecule has 2 atom stereocenters. The van der Waals surface area contributed by atoms with E-state index in [9.17, 15) is 13.2 Å². The molecule has 4 rings (SSSR count). The Morgan fingerprint density at radius 2 is 1.90 bits per heavy atom. The number of benzene rings is 1. The third kappa shape index (κ3) is 4.86. The molecule has 0 amide bonds. The molecule has 8 nitrogen and oxygen atoms in total. The molecular formula is C21H23N3O5S2. The van der Waals surface area contributed by atoms with E-state index in [-0.39, 0.29) is 23.0 Å². The maximum Gasteiger partial charge on any atom is 0.338 e. The Bertz CT molecular complexity index is 1130. The summed E-state index contributed by atoms with van der Waals surface area (Å²) in [6.45, 7) is 4.97. The Morgan fingerprint density at radius 1 is 1.19 bits per heavy atom. The number of esters is 1. The smallest absolute Gasteiger partial charge is 0.338 e. The van der Waals surface area contributed by atoms with Gasteiger partial charge >= 0.3 is 5.97 Å². The minimum atomic E-state index is -3.60. The predicted molar refractivity (Wildman–Crippen MR) is 115 cm³/mol. The summed E-state index contributed by atoms with van der Waals surface area (Å²) in [5, 5.41) is 5.77. The highest BCUT2D eigenvalue weighted by Crippen LogP contribution is 2.27. The fourth-order valence-electron chi connectivity index (χ4n) is 3.74. The number of rotatable bonds is 6. The number of thiophene rings is 1. The van der Waals surface area contributed by atoms with Crippen molar-refractivity contribution < 1.29 is 22.5 Å². The normalized spacial score (nSPS) is 19.9. The molecule has 164 valence electrons. The molecule has 0 N–H and O–H groups in total. The minimum Gasteiger partial charge on any atom is -0.452 e. The molecule has 1 aliphatic heterocycles. The molecule has 2 unspecified atom stereocenters. The van der Waals surface area contributed by atoms with Gasteiger partial charge in [-0.2, -0.15) is 9.29 Å². The van der Waals surface area contributed by atoms with E-state index in [0.29, 0.717) is 30.7 Å². The van der Waals surface area contributed by atoms with E-state index in [1.54, 1.807) is 0 Å². The van der Waals surface area contributed by atoms with Crippen LogP contribution in [0.25, 0.3) is 10.7 Å². The lowest BCUT2D eigenvalue weighted by atomic mass is 9.94. The lowest BCUT2D eigenvalue weighted by molar-refractivity contribution is 0.0429. The van der Waals surface area contributed by atoms with Crippen LogP contribution in [0.1, 0.15) is 36.5 Å². The fraction of sp³-hybridized carbons (Fsp3) is 0.381. The average molecular weight is 462 g/mol. The van der Waals surface area contributed by atoms with Crippen molar-refractivity contribution >= 4 is 27.3 Å². The van der Waals surface area contributed by atoms with Crippen molar-refractivity contribution in [2.75, 3.05) is 13.1 Å². The van der Waals surface area contributed by atoms with E-state index in [2.05, 4.69) is 24.0 Å². The number of sulfonamides is 1. The number of ether oxygens (including phenoxy) is 1. The first-order valence-corrected chi connectivity index (χ1v) is 12.3. The summed E-state index contributed by atoms with van der Waals surface area (Å²) in [4.78, 5) is 17.6. The number of carbonyl (C=O) groups excluding carboxylic acids is 1. The summed E-state index contributed by atoms with van der Waals surface area (Å²) < 4.78 is 37.8. The van der Waals surface area contributed by atoms with E-state index in [1.165, 1.54) is 39.9 Å². The molecule has 31 heavy (non-hydrogen) atoms. The summed E-state index contributed by atoms with van der Waals surface area (Å²) in [6, 6.07) is 9.54. The molecule has 0 bridgehead atoms. The molecule has 1 fully saturated rings. The van der Waals surface area contributed by atoms with Gasteiger partial charge in [0.2, 0.25) is 15.8 Å². The third-order valence-corrected chi connectivity index (χ3v) is 7.81. The standard InChI is InChI=1S/C21H23N3O5S2/c1-14-10-15(2)12-24(11-14)31(26,27)17-7-5-16(6-8-17)21(25)28-13-19-22-20(23-29-19)18-4-3-9-30-18/h3-9,14-15H,10-13H2,1-2H3. The zero-order valence-corrected chi connectivity index (χ0v) is 18.9. The second-order valence-corrected chi connectivity index (χ2v) is 10.7. The first-order valence-electron chi connectivity index (χ1n) is 9.96. The lowest BCUT2D eigenvalue weighted by Crippen LogP contribution is -2.42. The van der Waals surface area contributed by atoms with Gasteiger partial charge in [-0.05, 0) is 54.0 Å². The van der Waals surface area contributed by atoms with Crippen LogP contribution in [0, 0.1) is 11.8 Å². The van der Waals surface area contributed by atoms with Gasteiger partial charge in [0, 0.05) is 13.1 Å². The topological polar surface area (TPSA) is 103 Å². The second-order valence-electron chi connectivity index (χ2n) is 7.86. The molecule has 3 aromatic rings. The predicted octanol–water partition coefficient (Wildman–Crippen LogP) is 3.82. The van der Waals surface area contributed by atoms with Crippen LogP contribution in [0.2, 0.25) is 0 Å². The molecular weight excluding hydrogens is 438 g/mol. The van der Waals surface area contributed by atoms with Crippen LogP contribution in [0.4, 0.5) is 0 Å². The molecule has 2 aromatic heterocycles. The SMILES string of the molecule is CC1CC(C)CN(S(=O)(=O)c2ccc(C(=O)OCc3nc(-c4cccs4)no3)cc2)C1. The highest BCUT2D eigenvalue weighted by Gasteiger charge is 2.31. The largest absolute Gasteiger partial charge is 0.452 e. The second kappa shape index (κ2) is 8.89. The monoisotopic (exact) mass is 461 g/mol. The van der Waals surface area contributed by atoms with Crippen molar-refractivity contribution in [1.82, 2.24) is 14.4 Å². The van der Waals surface area contributed by atoms with E-state index < -0.39 is 16.0 Å². The Hall–Kier alpha value is -2.56. The zero-order chi connectivity index (χ0) is 22.0. The minimum absolute atomic E-state index is 0.166. The van der Waals surface area contributed by atoms with E-state index >= 15 is 0 Å². The fourth-order valence-corrected chi connectivity index (χ4v) is 6.07. The first-order chi connectivity index (χ1) is 14.8. The zero-order valence-electron chi connectivity index (χ0n) is 17.2. The van der Waals surface area contributed by atoms with Crippen LogP contribution >= 0.6 is 11.3 Å². The number of hydrogen-bond acceptors (Lipinski definition) is 8. The van der Waals surface area contributed by atoms with Crippen LogP contribution < -0.4 is 0 Å². The van der Waals surface area contributed by atoms with Gasteiger partial charge in [0.25, 0.3) is 5.89 Å². The van der Waals surface area contributed by atoms with Crippen LogP contribution in [0.5, 0.6) is 0 Å². The highest BCUT2D eigenvalue weighted by atomic mass is 32.2. The van der Waals surface area contributed by atoms with Gasteiger partial charge in [-0.25, -0.2) is 13.2 Å². The maximum absolute atomic E-state index is 13.0. The van der Waals surface area contributed by atoms with Gasteiger partial charge < -0.3 is 9.26 Å². The van der Waals surface area contributed by atoms with Crippen molar-refractivity contribution in [3.63, 3.8) is 0 Å². The number of piperidine rings is 1. The average Bonchev–Trinajstić information content (AvgIpc) is 3.43. The molecule has 0 radical (unpaired) electrons. The Morgan fingerprint density at radius 3 is 2.55 bits per heavy atom. The first kappa shape index (κ1) is 21.7. The number of carbonyl (C=O) groups is 1. The molecule has 10 heteroatoms. The Labute approximate surface area is 184 Å². The number of nitrogens with zero attached hydrogens (tertiary/aromatic N) is 3. The molecule has 3 heterocycles. The molecule has 1 saturated heterocycles. The van der Waals surface area contributed by atoms with Gasteiger partial charge in [0.15, 0.2) is 6.61 Å². The molecule has 0 spiro atoms. The van der Waals surface area contributed by atoms with Gasteiger partial charge in [0.1, 0.15) is 0 Å². The van der Waals surface area contributed by atoms with Gasteiger partial charge in [-0.1, -0.05) is 25.1 Å². The Balaban J connectivity index is 1.39. The molecule has 0 saturated carbocycles. The van der Waals surface area contributed by atoms with Gasteiger partial charge in [-0.3, -0.25) is 0 Å². The van der Waals surface area contributed by atoms with Crippen LogP contribution in [0.3, 0.4) is 0 Å². The quantitative estimate of drug-likeness (QED) is 0.514. The number of aromatic nitrogens is 2. The summed E-state index contributed by atoms with van der Waals surface area (Å²) in [6.07, 6.45) is 1.02. The van der Waals surface area contributed by atoms with Gasteiger partial charge in [-0.15, -0.1) is 11.3 Å². The Kier molecular flexibility index (Phi) is 6.22. The van der Waals surface area contributed by atoms with Gasteiger partial charge in [0.05, 0.1) is 15.3 Å². The maximum atomic E-state index is 13.0. The van der Waals surface area contributed by atoms with E-state index in [1.807, 2.05) is 17.5 Å². The van der Waals surface area contributed by atoms with Crippen LogP contribution in [-0.2, 0) is 21.4 Å². The van der Waals surface area contributed by atoms with E-state index in [0.717, 1.165) is 11.3 Å². The highest BCUT2D eigenvalue weighted by molar-refractivity contribution is 7.89. The third-order valence-electron chi connectivity index (χ3n) is 5.10. The molecule has 1 aromatic carbocycles. The molecule has 0 aliphatic carbocycles. The van der Waals surface area contributed by atoms with Crippen molar-refractivity contribution in [2.45, 2.75) is 31.8 Å². The van der Waals surface area contributed by atoms with Crippen LogP contribution in [-0.4, -0.2) is 41.9 Å². The summed E-state index contributed by atoms with van der Waals surface area (Å²) >= 11 is 1.48.